The molecule has 2 heterocycles. The second-order valence-electron chi connectivity index (χ2n) is 4.27. The minimum Gasteiger partial charge on any atom is -0.393 e. The van der Waals surface area contributed by atoms with Crippen molar-refractivity contribution in [2.24, 2.45) is 0 Å². The van der Waals surface area contributed by atoms with Crippen LogP contribution in [0.2, 0.25) is 0 Å². The highest BCUT2D eigenvalue weighted by Gasteiger charge is 2.56. The summed E-state index contributed by atoms with van der Waals surface area (Å²) in [6, 6.07) is 1.46. The number of rotatable bonds is 3. The number of H-pyrrole nitrogens is 1. The van der Waals surface area contributed by atoms with E-state index in [1.165, 1.54) is 16.8 Å². The van der Waals surface area contributed by atoms with Gasteiger partial charge in [0.2, 0.25) is 0 Å². The normalized spacial score (nSPS) is 34.6. The van der Waals surface area contributed by atoms with Gasteiger partial charge in [0.1, 0.15) is 17.4 Å². The van der Waals surface area contributed by atoms with E-state index in [-0.39, 0.29) is 4.77 Å². The Morgan fingerprint density at radius 3 is 2.68 bits per heavy atom. The molecule has 2 rings (SSSR count). The Morgan fingerprint density at radius 1 is 1.53 bits per heavy atom. The maximum Gasteiger partial charge on any atom is 0.180 e. The van der Waals surface area contributed by atoms with Crippen LogP contribution in [-0.2, 0) is 4.74 Å². The summed E-state index contributed by atoms with van der Waals surface area (Å²) < 4.78 is 33.8. The second kappa shape index (κ2) is 5.33. The van der Waals surface area contributed by atoms with Crippen LogP contribution in [0.1, 0.15) is 6.23 Å². The Hall–Kier alpha value is -0.740. The summed E-state index contributed by atoms with van der Waals surface area (Å²) in [5.74, 6) is 0. The number of aromatic amines is 1. The van der Waals surface area contributed by atoms with Gasteiger partial charge >= 0.3 is 0 Å². The molecule has 5 nitrogen and oxygen atoms in total. The standard InChI is InChI=1S/C10H12F2N2O3S2/c11-3-10(4-15)7(16)6(12)8(17-10)14-2-1-5(18)13-9(14)19/h1-2,6-8,15-16H,3-4H2,(H,13,18,19)/t6-,7?,8+,10+/m0/s1. The third-order valence-electron chi connectivity index (χ3n) is 3.09. The Balaban J connectivity index is 2.42. The molecule has 1 unspecified atom stereocenters. The van der Waals surface area contributed by atoms with Crippen LogP contribution in [0.25, 0.3) is 0 Å². The van der Waals surface area contributed by atoms with Gasteiger partial charge in [-0.2, -0.15) is 0 Å². The molecule has 4 atom stereocenters. The van der Waals surface area contributed by atoms with Crippen molar-refractivity contribution >= 4 is 24.4 Å². The van der Waals surface area contributed by atoms with Crippen LogP contribution in [0.4, 0.5) is 8.78 Å². The van der Waals surface area contributed by atoms with Gasteiger partial charge < -0.3 is 19.9 Å². The minimum absolute atomic E-state index is 0.0833. The van der Waals surface area contributed by atoms with Crippen LogP contribution in [0.3, 0.4) is 0 Å². The summed E-state index contributed by atoms with van der Waals surface area (Å²) in [7, 11) is 0. The van der Waals surface area contributed by atoms with Gasteiger partial charge in [-0.05, 0) is 18.3 Å². The predicted octanol–water partition coefficient (Wildman–Crippen LogP) is 1.20. The van der Waals surface area contributed by atoms with Gasteiger partial charge in [0.15, 0.2) is 22.8 Å². The van der Waals surface area contributed by atoms with Crippen LogP contribution in [0, 0.1) is 9.41 Å². The summed E-state index contributed by atoms with van der Waals surface area (Å²) in [5.41, 5.74) is -1.97. The molecule has 0 saturated carbocycles. The number of nitrogens with zero attached hydrogens (tertiary/aromatic N) is 1. The lowest BCUT2D eigenvalue weighted by molar-refractivity contribution is -0.137. The molecule has 1 aliphatic heterocycles. The van der Waals surface area contributed by atoms with Crippen LogP contribution in [0.15, 0.2) is 12.3 Å². The van der Waals surface area contributed by atoms with Crippen molar-refractivity contribution in [1.29, 1.82) is 0 Å². The highest BCUT2D eigenvalue weighted by atomic mass is 32.1. The molecule has 9 heteroatoms. The molecule has 0 spiro atoms. The molecule has 1 fully saturated rings. The van der Waals surface area contributed by atoms with E-state index in [0.29, 0.717) is 4.64 Å². The van der Waals surface area contributed by atoms with E-state index in [9.17, 15) is 13.9 Å². The molecule has 0 aromatic carbocycles. The van der Waals surface area contributed by atoms with Gasteiger partial charge in [0, 0.05) is 6.20 Å². The van der Waals surface area contributed by atoms with Crippen molar-refractivity contribution in [1.82, 2.24) is 9.55 Å². The Labute approximate surface area is 117 Å². The first kappa shape index (κ1) is 14.7. The third kappa shape index (κ3) is 2.36. The molecule has 1 aromatic heterocycles. The van der Waals surface area contributed by atoms with E-state index in [1.807, 2.05) is 0 Å². The van der Waals surface area contributed by atoms with E-state index in [1.54, 1.807) is 0 Å². The number of aliphatic hydroxyl groups is 2. The van der Waals surface area contributed by atoms with Gasteiger partial charge in [-0.3, -0.25) is 4.57 Å². The summed E-state index contributed by atoms with van der Waals surface area (Å²) in [4.78, 5) is 2.62. The topological polar surface area (TPSA) is 70.4 Å². The molecular formula is C10H12F2N2O3S2. The molecule has 3 N–H and O–H groups in total. The summed E-state index contributed by atoms with van der Waals surface area (Å²) in [5, 5.41) is 18.8. The lowest BCUT2D eigenvalue weighted by Crippen LogP contribution is -2.47. The van der Waals surface area contributed by atoms with Crippen molar-refractivity contribution in [2.75, 3.05) is 13.3 Å². The maximum atomic E-state index is 14.1. The first-order chi connectivity index (χ1) is 8.95. The van der Waals surface area contributed by atoms with Crippen molar-refractivity contribution in [3.05, 3.63) is 21.7 Å². The first-order valence-electron chi connectivity index (χ1n) is 5.43. The highest BCUT2D eigenvalue weighted by Crippen LogP contribution is 2.39. The molecule has 0 bridgehead atoms. The van der Waals surface area contributed by atoms with Crippen molar-refractivity contribution in [3.63, 3.8) is 0 Å². The van der Waals surface area contributed by atoms with Gasteiger partial charge in [-0.25, -0.2) is 8.78 Å². The second-order valence-corrected chi connectivity index (χ2v) is 5.10. The summed E-state index contributed by atoms with van der Waals surface area (Å²) in [6.45, 7) is -2.05. The minimum atomic E-state index is -1.97. The smallest absolute Gasteiger partial charge is 0.180 e. The zero-order valence-corrected chi connectivity index (χ0v) is 11.3. The van der Waals surface area contributed by atoms with Crippen molar-refractivity contribution in [3.8, 4) is 0 Å². The van der Waals surface area contributed by atoms with E-state index in [4.69, 9.17) is 34.3 Å². The largest absolute Gasteiger partial charge is 0.393 e. The Bertz CT molecular complexity index is 572. The SMILES string of the molecule is OC[C@@]1(CF)O[C@@H](n2ccc(=S)[nH]c2=S)[C@@H](F)C1O. The molecule has 0 radical (unpaired) electrons. The van der Waals surface area contributed by atoms with Crippen LogP contribution in [-0.4, -0.2) is 50.9 Å². The quantitative estimate of drug-likeness (QED) is 0.732. The van der Waals surface area contributed by atoms with E-state index >= 15 is 0 Å². The van der Waals surface area contributed by atoms with Gasteiger partial charge in [0.25, 0.3) is 0 Å². The Kier molecular flexibility index (Phi) is 4.11. The van der Waals surface area contributed by atoms with Crippen molar-refractivity contribution in [2.45, 2.75) is 24.1 Å². The number of nitrogens with one attached hydrogen (secondary N) is 1. The first-order valence-corrected chi connectivity index (χ1v) is 6.25. The number of halogens is 2. The zero-order valence-electron chi connectivity index (χ0n) is 9.62. The molecule has 1 aliphatic rings. The van der Waals surface area contributed by atoms with Crippen LogP contribution in [0.5, 0.6) is 0 Å². The lowest BCUT2D eigenvalue weighted by atomic mass is 9.98. The van der Waals surface area contributed by atoms with Crippen molar-refractivity contribution < 1.29 is 23.7 Å². The van der Waals surface area contributed by atoms with Gasteiger partial charge in [-0.1, -0.05) is 12.2 Å². The zero-order chi connectivity index (χ0) is 14.2. The molecule has 1 saturated heterocycles. The fourth-order valence-corrected chi connectivity index (χ4v) is 2.44. The summed E-state index contributed by atoms with van der Waals surface area (Å²) >= 11 is 9.83. The number of aliphatic hydroxyl groups excluding tert-OH is 2. The summed E-state index contributed by atoms with van der Waals surface area (Å²) in [6.07, 6.45) is -3.63. The number of hydrogen-bond acceptors (Lipinski definition) is 5. The number of aromatic nitrogens is 2. The molecule has 0 amide bonds. The average molecular weight is 310 g/mol. The Morgan fingerprint density at radius 2 is 2.21 bits per heavy atom. The maximum absolute atomic E-state index is 14.1. The average Bonchev–Trinajstić information content (AvgIpc) is 2.64. The third-order valence-corrected chi connectivity index (χ3v) is 3.64. The molecule has 0 aliphatic carbocycles. The fraction of sp³-hybridized carbons (Fsp3) is 0.600. The van der Waals surface area contributed by atoms with Gasteiger partial charge in [0.05, 0.1) is 6.61 Å². The lowest BCUT2D eigenvalue weighted by Gasteiger charge is -2.26. The molecule has 106 valence electrons. The van der Waals surface area contributed by atoms with E-state index in [2.05, 4.69) is 4.98 Å². The molecule has 19 heavy (non-hydrogen) atoms. The predicted molar refractivity (Wildman–Crippen MR) is 67.3 cm³/mol. The fourth-order valence-electron chi connectivity index (χ4n) is 1.94. The number of ether oxygens (including phenoxy) is 1. The molecule has 1 aromatic rings. The van der Waals surface area contributed by atoms with E-state index in [0.717, 1.165) is 0 Å². The van der Waals surface area contributed by atoms with Crippen LogP contribution < -0.4 is 0 Å². The monoisotopic (exact) mass is 310 g/mol. The molecular weight excluding hydrogens is 298 g/mol. The highest BCUT2D eigenvalue weighted by molar-refractivity contribution is 7.72. The number of hydrogen-bond donors (Lipinski definition) is 3. The van der Waals surface area contributed by atoms with Crippen LogP contribution >= 0.6 is 24.4 Å². The van der Waals surface area contributed by atoms with E-state index < -0.39 is 37.4 Å². The number of alkyl halides is 2. The van der Waals surface area contributed by atoms with Gasteiger partial charge in [-0.15, -0.1) is 0 Å².